The fourth-order valence-electron chi connectivity index (χ4n) is 5.99. The van der Waals surface area contributed by atoms with Crippen LogP contribution in [0.3, 0.4) is 0 Å². The zero-order chi connectivity index (χ0) is 24.0. The first-order valence-electron chi connectivity index (χ1n) is 11.4. The molecule has 2 unspecified atom stereocenters. The Bertz CT molecular complexity index is 1130. The Labute approximate surface area is 207 Å². The number of amides is 3. The Balaban J connectivity index is 1.60. The number of anilines is 1. The highest BCUT2D eigenvalue weighted by molar-refractivity contribution is 8.02. The smallest absolute Gasteiger partial charge is 0.248 e. The first kappa shape index (κ1) is 23.2. The summed E-state index contributed by atoms with van der Waals surface area (Å²) in [5.74, 6) is -1.93. The van der Waals surface area contributed by atoms with Crippen LogP contribution in [0.4, 0.5) is 5.69 Å². The summed E-state index contributed by atoms with van der Waals surface area (Å²) < 4.78 is -0.744. The quantitative estimate of drug-likeness (QED) is 0.567. The van der Waals surface area contributed by atoms with Gasteiger partial charge in [-0.1, -0.05) is 54.1 Å². The van der Waals surface area contributed by atoms with Crippen molar-refractivity contribution in [3.63, 3.8) is 0 Å². The second kappa shape index (κ2) is 8.91. The number of aliphatic hydroxyl groups excluding tert-OH is 1. The van der Waals surface area contributed by atoms with E-state index in [9.17, 15) is 19.5 Å². The summed E-state index contributed by atoms with van der Waals surface area (Å²) in [6.07, 6.45) is 1.40. The zero-order valence-electron chi connectivity index (χ0n) is 18.6. The van der Waals surface area contributed by atoms with Gasteiger partial charge in [-0.05, 0) is 30.5 Å². The number of hydrogen-bond donors (Lipinski definition) is 3. The molecule has 34 heavy (non-hydrogen) atoms. The van der Waals surface area contributed by atoms with E-state index in [4.69, 9.17) is 11.6 Å². The van der Waals surface area contributed by atoms with Crippen LogP contribution in [0, 0.1) is 11.8 Å². The maximum Gasteiger partial charge on any atom is 0.248 e. The number of hydrogen-bond acceptors (Lipinski definition) is 5. The molecule has 3 aliphatic rings. The Kier molecular flexibility index (Phi) is 6.08. The summed E-state index contributed by atoms with van der Waals surface area (Å²) in [7, 11) is 1.57. The van der Waals surface area contributed by atoms with Crippen molar-refractivity contribution in [1.29, 1.82) is 0 Å². The molecule has 5 rings (SSSR count). The van der Waals surface area contributed by atoms with Gasteiger partial charge in [-0.2, -0.15) is 0 Å². The number of carbonyl (C=O) groups excluding carboxylic acids is 3. The number of halogens is 1. The first-order valence-corrected chi connectivity index (χ1v) is 12.6. The molecule has 0 aromatic heterocycles. The van der Waals surface area contributed by atoms with Crippen molar-refractivity contribution in [2.24, 2.45) is 11.8 Å². The summed E-state index contributed by atoms with van der Waals surface area (Å²) in [5.41, 5.74) is 1.20. The van der Waals surface area contributed by atoms with Crippen LogP contribution in [0.25, 0.3) is 0 Å². The number of nitrogens with zero attached hydrogens (tertiary/aromatic N) is 1. The molecule has 6 atom stereocenters. The van der Waals surface area contributed by atoms with E-state index in [0.29, 0.717) is 17.1 Å². The Morgan fingerprint density at radius 1 is 1.18 bits per heavy atom. The van der Waals surface area contributed by atoms with Crippen LogP contribution < -0.4 is 10.6 Å². The summed E-state index contributed by atoms with van der Waals surface area (Å²) in [5, 5.41) is 16.4. The predicted molar refractivity (Wildman–Crippen MR) is 131 cm³/mol. The van der Waals surface area contributed by atoms with Crippen LogP contribution in [0.5, 0.6) is 0 Å². The Hall–Kier alpha value is -2.55. The fourth-order valence-corrected chi connectivity index (χ4v) is 8.38. The number of benzene rings is 2. The van der Waals surface area contributed by atoms with Gasteiger partial charge in [0.15, 0.2) is 0 Å². The van der Waals surface area contributed by atoms with E-state index in [1.165, 1.54) is 4.90 Å². The molecule has 0 radical (unpaired) electrons. The zero-order valence-corrected chi connectivity index (χ0v) is 20.2. The van der Waals surface area contributed by atoms with Crippen LogP contribution in [0.15, 0.2) is 54.6 Å². The summed E-state index contributed by atoms with van der Waals surface area (Å²) in [4.78, 5) is 42.3. The van der Waals surface area contributed by atoms with E-state index in [0.717, 1.165) is 12.0 Å². The second-order valence-electron chi connectivity index (χ2n) is 8.99. The molecule has 2 aromatic rings. The third-order valence-corrected chi connectivity index (χ3v) is 9.64. The predicted octanol–water partition coefficient (Wildman–Crippen LogP) is 2.85. The molecule has 7 nitrogen and oxygen atoms in total. The minimum absolute atomic E-state index is 0.0176. The minimum atomic E-state index is -0.858. The summed E-state index contributed by atoms with van der Waals surface area (Å²) in [6, 6.07) is 14.6. The van der Waals surface area contributed by atoms with Gasteiger partial charge < -0.3 is 20.6 Å². The van der Waals surface area contributed by atoms with Crippen LogP contribution in [-0.2, 0) is 14.4 Å². The van der Waals surface area contributed by atoms with Gasteiger partial charge in [-0.15, -0.1) is 11.8 Å². The van der Waals surface area contributed by atoms with Crippen molar-refractivity contribution in [2.75, 3.05) is 19.0 Å². The average Bonchev–Trinajstić information content (AvgIpc) is 3.49. The number of aliphatic hydroxyl groups is 1. The SMILES string of the molecule is CNC(=O)[C@@H]1[C@@H]2CCC3(S2)C(C(=O)Nc2ccccc2Cl)N([C@H](CO)c2ccccc2)C(=O)[C@H]13. The molecule has 2 bridgehead atoms. The van der Waals surface area contributed by atoms with Gasteiger partial charge in [-0.3, -0.25) is 14.4 Å². The monoisotopic (exact) mass is 499 g/mol. The number of likely N-dealkylation sites (tertiary alicyclic amines) is 1. The highest BCUT2D eigenvalue weighted by atomic mass is 35.5. The van der Waals surface area contributed by atoms with E-state index in [2.05, 4.69) is 10.6 Å². The molecule has 3 heterocycles. The van der Waals surface area contributed by atoms with Crippen LogP contribution >= 0.6 is 23.4 Å². The number of fused-ring (bicyclic) bond motifs is 1. The number of thioether (sulfide) groups is 1. The van der Waals surface area contributed by atoms with E-state index < -0.39 is 28.7 Å². The maximum atomic E-state index is 14.0. The van der Waals surface area contributed by atoms with Gasteiger partial charge in [-0.25, -0.2) is 0 Å². The van der Waals surface area contributed by atoms with Gasteiger partial charge in [0.25, 0.3) is 0 Å². The highest BCUT2D eigenvalue weighted by Gasteiger charge is 2.74. The van der Waals surface area contributed by atoms with Crippen LogP contribution in [-0.4, -0.2) is 57.4 Å². The van der Waals surface area contributed by atoms with Crippen molar-refractivity contribution in [3.05, 3.63) is 65.2 Å². The molecule has 3 N–H and O–H groups in total. The maximum absolute atomic E-state index is 14.0. The Morgan fingerprint density at radius 3 is 2.56 bits per heavy atom. The number of para-hydroxylation sites is 1. The van der Waals surface area contributed by atoms with Crippen molar-refractivity contribution < 1.29 is 19.5 Å². The molecule has 3 amide bonds. The second-order valence-corrected chi connectivity index (χ2v) is 11.0. The summed E-state index contributed by atoms with van der Waals surface area (Å²) >= 11 is 7.89. The molecule has 1 spiro atoms. The van der Waals surface area contributed by atoms with Gasteiger partial charge in [0.05, 0.1) is 39.9 Å². The van der Waals surface area contributed by atoms with Crippen LogP contribution in [0.2, 0.25) is 5.02 Å². The van der Waals surface area contributed by atoms with E-state index in [1.807, 2.05) is 30.3 Å². The standard InChI is InChI=1S/C25H26ClN3O4S/c1-27-22(31)19-18-11-12-25(34-18)20(19)24(33)29(17(13-30)14-7-3-2-4-8-14)21(25)23(32)28-16-10-6-5-9-15(16)26/h2-10,17-21,30H,11-13H2,1H3,(H,27,31)(H,28,32)/t17-,18+,19-,20+,21?,25?/m1/s1. The first-order chi connectivity index (χ1) is 16.4. The molecule has 9 heteroatoms. The lowest BCUT2D eigenvalue weighted by Gasteiger charge is -2.37. The molecule has 3 fully saturated rings. The lowest BCUT2D eigenvalue weighted by molar-refractivity contribution is -0.142. The fraction of sp³-hybridized carbons (Fsp3) is 0.400. The largest absolute Gasteiger partial charge is 0.394 e. The van der Waals surface area contributed by atoms with Gasteiger partial charge in [0.2, 0.25) is 17.7 Å². The Morgan fingerprint density at radius 2 is 1.88 bits per heavy atom. The molecule has 2 aromatic carbocycles. The van der Waals surface area contributed by atoms with Crippen LogP contribution in [0.1, 0.15) is 24.4 Å². The number of carbonyl (C=O) groups is 3. The van der Waals surface area contributed by atoms with Gasteiger partial charge in [0, 0.05) is 12.3 Å². The molecule has 178 valence electrons. The van der Waals surface area contributed by atoms with E-state index in [-0.39, 0.29) is 29.6 Å². The number of nitrogens with one attached hydrogen (secondary N) is 2. The molecular formula is C25H26ClN3O4S. The number of rotatable bonds is 6. The summed E-state index contributed by atoms with van der Waals surface area (Å²) in [6.45, 7) is -0.340. The third kappa shape index (κ3) is 3.42. The average molecular weight is 500 g/mol. The van der Waals surface area contributed by atoms with Crippen molar-refractivity contribution in [2.45, 2.75) is 34.9 Å². The van der Waals surface area contributed by atoms with Crippen molar-refractivity contribution >= 4 is 46.8 Å². The molecule has 3 saturated heterocycles. The normalized spacial score (nSPS) is 30.2. The molecule has 0 aliphatic carbocycles. The minimum Gasteiger partial charge on any atom is -0.394 e. The van der Waals surface area contributed by atoms with Gasteiger partial charge >= 0.3 is 0 Å². The third-order valence-electron chi connectivity index (χ3n) is 7.36. The van der Waals surface area contributed by atoms with Crippen molar-refractivity contribution in [1.82, 2.24) is 10.2 Å². The van der Waals surface area contributed by atoms with E-state index in [1.54, 1.807) is 43.1 Å². The molecular weight excluding hydrogens is 474 g/mol. The molecule has 3 aliphatic heterocycles. The van der Waals surface area contributed by atoms with Gasteiger partial charge in [0.1, 0.15) is 6.04 Å². The van der Waals surface area contributed by atoms with Crippen molar-refractivity contribution in [3.8, 4) is 0 Å². The lowest BCUT2D eigenvalue weighted by atomic mass is 9.70. The lowest BCUT2D eigenvalue weighted by Crippen LogP contribution is -2.52. The highest BCUT2D eigenvalue weighted by Crippen LogP contribution is 2.67. The van der Waals surface area contributed by atoms with E-state index >= 15 is 0 Å². The molecule has 0 saturated carbocycles. The topological polar surface area (TPSA) is 98.7 Å².